The molecule has 0 unspecified atom stereocenters. The molecule has 6 nitrogen and oxygen atoms in total. The summed E-state index contributed by atoms with van der Waals surface area (Å²) < 4.78 is 29.1. The zero-order valence-electron chi connectivity index (χ0n) is 15.0. The van der Waals surface area contributed by atoms with Crippen molar-refractivity contribution in [1.29, 1.82) is 0 Å². The average molecular weight is 393 g/mol. The lowest BCUT2D eigenvalue weighted by molar-refractivity contribution is 0.0126. The number of anilines is 1. The van der Waals surface area contributed by atoms with Gasteiger partial charge in [-0.1, -0.05) is 11.6 Å². The number of alkyl halides is 2. The van der Waals surface area contributed by atoms with E-state index in [0.717, 1.165) is 49.7 Å². The van der Waals surface area contributed by atoms with Crippen molar-refractivity contribution in [2.75, 3.05) is 38.1 Å². The quantitative estimate of drug-likeness (QED) is 0.640. The first-order chi connectivity index (χ1) is 12.8. The Hall–Kier alpha value is -2.32. The predicted octanol–water partition coefficient (Wildman–Crippen LogP) is 3.33. The van der Waals surface area contributed by atoms with Crippen molar-refractivity contribution in [2.45, 2.75) is 12.8 Å². The summed E-state index contributed by atoms with van der Waals surface area (Å²) in [7, 11) is 2.09. The van der Waals surface area contributed by atoms with Gasteiger partial charge in [-0.05, 0) is 13.1 Å². The van der Waals surface area contributed by atoms with Crippen LogP contribution in [0.3, 0.4) is 0 Å². The van der Waals surface area contributed by atoms with Gasteiger partial charge in [-0.3, -0.25) is 4.57 Å². The number of rotatable bonds is 3. The van der Waals surface area contributed by atoms with Crippen LogP contribution in [0.1, 0.15) is 12.6 Å². The number of fused-ring (bicyclic) bond motifs is 1. The number of halogens is 3. The third-order valence-corrected chi connectivity index (χ3v) is 4.99. The SMILES string of the molecule is CN1CCN(c2cn(-c3nccc(C(C)(F)F)n3)c3cc(Cl)ncc23)CC1. The fourth-order valence-corrected chi connectivity index (χ4v) is 3.40. The first-order valence-electron chi connectivity index (χ1n) is 8.65. The van der Waals surface area contributed by atoms with Crippen molar-refractivity contribution in [2.24, 2.45) is 0 Å². The fraction of sp³-hybridized carbons (Fsp3) is 0.389. The van der Waals surface area contributed by atoms with E-state index >= 15 is 0 Å². The molecule has 3 aromatic rings. The molecule has 3 aromatic heterocycles. The summed E-state index contributed by atoms with van der Waals surface area (Å²) >= 11 is 6.09. The van der Waals surface area contributed by atoms with E-state index in [0.29, 0.717) is 5.15 Å². The maximum atomic E-state index is 13.7. The molecule has 4 rings (SSSR count). The molecule has 1 aliphatic heterocycles. The van der Waals surface area contributed by atoms with Gasteiger partial charge in [-0.2, -0.15) is 8.78 Å². The third-order valence-electron chi connectivity index (χ3n) is 4.79. The van der Waals surface area contributed by atoms with Crippen LogP contribution in [0.4, 0.5) is 14.5 Å². The summed E-state index contributed by atoms with van der Waals surface area (Å²) in [6, 6.07) is 2.93. The molecule has 1 saturated heterocycles. The second-order valence-electron chi connectivity index (χ2n) is 6.83. The largest absolute Gasteiger partial charge is 0.367 e. The molecule has 27 heavy (non-hydrogen) atoms. The van der Waals surface area contributed by atoms with Gasteiger partial charge < -0.3 is 9.80 Å². The number of piperazine rings is 1. The molecular formula is C18H19ClF2N6. The van der Waals surface area contributed by atoms with Gasteiger partial charge >= 0.3 is 0 Å². The molecule has 1 aliphatic rings. The summed E-state index contributed by atoms with van der Waals surface area (Å²) in [5.74, 6) is -2.86. The lowest BCUT2D eigenvalue weighted by Crippen LogP contribution is -2.44. The summed E-state index contributed by atoms with van der Waals surface area (Å²) in [5, 5.41) is 1.21. The van der Waals surface area contributed by atoms with Gasteiger partial charge in [-0.15, -0.1) is 0 Å². The predicted molar refractivity (Wildman–Crippen MR) is 101 cm³/mol. The van der Waals surface area contributed by atoms with E-state index < -0.39 is 5.92 Å². The molecule has 0 spiro atoms. The van der Waals surface area contributed by atoms with Crippen LogP contribution in [0.2, 0.25) is 5.15 Å². The highest BCUT2D eigenvalue weighted by molar-refractivity contribution is 6.30. The monoisotopic (exact) mass is 392 g/mol. The molecule has 0 saturated carbocycles. The molecule has 0 aliphatic carbocycles. The van der Waals surface area contributed by atoms with Crippen LogP contribution < -0.4 is 4.90 Å². The van der Waals surface area contributed by atoms with Gasteiger partial charge in [-0.25, -0.2) is 15.0 Å². The van der Waals surface area contributed by atoms with Gasteiger partial charge in [0.2, 0.25) is 5.95 Å². The second-order valence-corrected chi connectivity index (χ2v) is 7.22. The molecule has 4 heterocycles. The van der Waals surface area contributed by atoms with Crippen molar-refractivity contribution in [3.63, 3.8) is 0 Å². The Balaban J connectivity index is 1.85. The molecule has 1 fully saturated rings. The Bertz CT molecular complexity index is 976. The number of nitrogens with zero attached hydrogens (tertiary/aromatic N) is 6. The molecule has 9 heteroatoms. The Morgan fingerprint density at radius 2 is 1.89 bits per heavy atom. The van der Waals surface area contributed by atoms with Gasteiger partial charge in [0.1, 0.15) is 10.8 Å². The molecule has 142 valence electrons. The lowest BCUT2D eigenvalue weighted by atomic mass is 10.2. The van der Waals surface area contributed by atoms with Gasteiger partial charge in [0, 0.05) is 63.1 Å². The lowest BCUT2D eigenvalue weighted by Gasteiger charge is -2.33. The number of hydrogen-bond donors (Lipinski definition) is 0. The van der Waals surface area contributed by atoms with Crippen LogP contribution in [0, 0.1) is 0 Å². The van der Waals surface area contributed by atoms with E-state index in [1.807, 2.05) is 6.20 Å². The van der Waals surface area contributed by atoms with E-state index in [1.165, 1.54) is 12.3 Å². The molecule has 0 radical (unpaired) electrons. The van der Waals surface area contributed by atoms with Crippen LogP contribution in [-0.2, 0) is 5.92 Å². The van der Waals surface area contributed by atoms with Crippen LogP contribution >= 0.6 is 11.6 Å². The summed E-state index contributed by atoms with van der Waals surface area (Å²) in [4.78, 5) is 17.0. The zero-order chi connectivity index (χ0) is 19.2. The second kappa shape index (κ2) is 6.69. The van der Waals surface area contributed by atoms with Crippen LogP contribution in [0.25, 0.3) is 16.9 Å². The minimum Gasteiger partial charge on any atom is -0.367 e. The topological polar surface area (TPSA) is 50.1 Å². The van der Waals surface area contributed by atoms with Crippen LogP contribution in [0.15, 0.2) is 30.7 Å². The Labute approximate surface area is 160 Å². The van der Waals surface area contributed by atoms with E-state index in [2.05, 4.69) is 31.8 Å². The minimum absolute atomic E-state index is 0.182. The van der Waals surface area contributed by atoms with Crippen molar-refractivity contribution in [1.82, 2.24) is 24.4 Å². The van der Waals surface area contributed by atoms with E-state index in [1.54, 1.807) is 16.8 Å². The maximum absolute atomic E-state index is 13.7. The zero-order valence-corrected chi connectivity index (χ0v) is 15.8. The minimum atomic E-state index is -3.04. The number of likely N-dealkylation sites (N-methyl/N-ethyl adjacent to an activating group) is 1. The van der Waals surface area contributed by atoms with Gasteiger partial charge in [0.15, 0.2) is 0 Å². The normalized spacial score (nSPS) is 16.3. The first kappa shape index (κ1) is 18.1. The smallest absolute Gasteiger partial charge is 0.287 e. The summed E-state index contributed by atoms with van der Waals surface area (Å²) in [5.41, 5.74) is 1.38. The Kier molecular flexibility index (Phi) is 4.47. The van der Waals surface area contributed by atoms with Crippen LogP contribution in [0.5, 0.6) is 0 Å². The van der Waals surface area contributed by atoms with Crippen molar-refractivity contribution in [3.8, 4) is 5.95 Å². The molecule has 0 bridgehead atoms. The van der Waals surface area contributed by atoms with Gasteiger partial charge in [0.05, 0.1) is 11.2 Å². The molecule has 0 amide bonds. The highest BCUT2D eigenvalue weighted by atomic mass is 35.5. The molecular weight excluding hydrogens is 374 g/mol. The number of hydrogen-bond acceptors (Lipinski definition) is 5. The highest BCUT2D eigenvalue weighted by Crippen LogP contribution is 2.33. The van der Waals surface area contributed by atoms with E-state index in [4.69, 9.17) is 11.6 Å². The summed E-state index contributed by atoms with van der Waals surface area (Å²) in [6.45, 7) is 4.45. The average Bonchev–Trinajstić information content (AvgIpc) is 3.00. The fourth-order valence-electron chi connectivity index (χ4n) is 3.25. The van der Waals surface area contributed by atoms with E-state index in [-0.39, 0.29) is 11.6 Å². The number of pyridine rings is 1. The van der Waals surface area contributed by atoms with E-state index in [9.17, 15) is 8.78 Å². The van der Waals surface area contributed by atoms with Crippen molar-refractivity contribution in [3.05, 3.63) is 41.6 Å². The Morgan fingerprint density at radius 1 is 1.15 bits per heavy atom. The standard InChI is InChI=1S/C18H19ClF2N6/c1-18(20,21)15-3-4-22-17(24-15)27-11-14(26-7-5-25(2)6-8-26)12-10-23-16(19)9-13(12)27/h3-4,9-11H,5-8H2,1-2H3. The van der Waals surface area contributed by atoms with Crippen LogP contribution in [-0.4, -0.2) is 57.6 Å². The number of aromatic nitrogens is 4. The first-order valence-corrected chi connectivity index (χ1v) is 9.02. The highest BCUT2D eigenvalue weighted by Gasteiger charge is 2.27. The van der Waals surface area contributed by atoms with Crippen molar-refractivity contribution < 1.29 is 8.78 Å². The van der Waals surface area contributed by atoms with Crippen molar-refractivity contribution >= 4 is 28.2 Å². The summed E-state index contributed by atoms with van der Waals surface area (Å²) in [6.07, 6.45) is 4.93. The van der Waals surface area contributed by atoms with Gasteiger partial charge in [0.25, 0.3) is 5.92 Å². The molecule has 0 atom stereocenters. The maximum Gasteiger partial charge on any atom is 0.287 e. The Morgan fingerprint density at radius 3 is 2.59 bits per heavy atom. The third kappa shape index (κ3) is 3.46. The molecule has 0 aromatic carbocycles. The molecule has 0 N–H and O–H groups in total.